The maximum absolute atomic E-state index is 13.6. The highest BCUT2D eigenvalue weighted by Gasteiger charge is 2.46. The molecule has 0 radical (unpaired) electrons. The summed E-state index contributed by atoms with van der Waals surface area (Å²) in [5.74, 6) is 0.138. The van der Waals surface area contributed by atoms with Gasteiger partial charge in [-0.1, -0.05) is 49.2 Å². The lowest BCUT2D eigenvalue weighted by Gasteiger charge is -2.39. The molecule has 1 saturated carbocycles. The molecule has 2 aromatic carbocycles. The van der Waals surface area contributed by atoms with Crippen molar-refractivity contribution in [2.24, 2.45) is 8.73 Å². The Labute approximate surface area is 186 Å². The largest absolute Gasteiger partial charge is 0.339 e. The molecule has 2 fully saturated rings. The topological polar surface area (TPSA) is 82.4 Å². The Kier molecular flexibility index (Phi) is 5.27. The highest BCUT2D eigenvalue weighted by molar-refractivity contribution is 7.89. The van der Waals surface area contributed by atoms with Crippen LogP contribution in [0.4, 0.5) is 11.4 Å². The minimum Gasteiger partial charge on any atom is -0.339 e. The van der Waals surface area contributed by atoms with E-state index in [1.54, 1.807) is 18.2 Å². The van der Waals surface area contributed by atoms with Crippen LogP contribution in [0.15, 0.2) is 62.2 Å². The molecule has 5 rings (SSSR count). The molecule has 162 valence electrons. The Morgan fingerprint density at radius 3 is 2.32 bits per heavy atom. The zero-order chi connectivity index (χ0) is 21.5. The van der Waals surface area contributed by atoms with Crippen LogP contribution in [0.3, 0.4) is 0 Å². The summed E-state index contributed by atoms with van der Waals surface area (Å²) in [6.45, 7) is 1.37. The molecule has 0 atom stereocenters. The maximum Gasteiger partial charge on any atom is 0.245 e. The van der Waals surface area contributed by atoms with Crippen LogP contribution >= 0.6 is 0 Å². The molecule has 0 aromatic heterocycles. The number of fused-ring (bicyclic) bond motifs is 1. The number of sulfonamides is 1. The second-order valence-corrected chi connectivity index (χ2v) is 10.7. The van der Waals surface area contributed by atoms with Crippen LogP contribution in [-0.4, -0.2) is 49.7 Å². The fourth-order valence-corrected chi connectivity index (χ4v) is 7.10. The zero-order valence-corrected chi connectivity index (χ0v) is 18.7. The normalized spacial score (nSPS) is 20.5. The SMILES string of the molecule is O=C(N1CCN(S(=O)(=O)c2cccc3c2N=S=N3)CC1)C1(c2ccccc2)CCCC1. The van der Waals surface area contributed by atoms with Crippen LogP contribution in [0, 0.1) is 0 Å². The Morgan fingerprint density at radius 2 is 1.61 bits per heavy atom. The van der Waals surface area contributed by atoms with Crippen LogP contribution in [0.5, 0.6) is 0 Å². The van der Waals surface area contributed by atoms with Gasteiger partial charge in [0.15, 0.2) is 0 Å². The molecular weight excluding hydrogens is 432 g/mol. The summed E-state index contributed by atoms with van der Waals surface area (Å²) in [6.07, 6.45) is 3.79. The van der Waals surface area contributed by atoms with Crippen molar-refractivity contribution in [3.8, 4) is 0 Å². The van der Waals surface area contributed by atoms with E-state index in [2.05, 4.69) is 8.73 Å². The first-order valence-corrected chi connectivity index (χ1v) is 12.8. The molecule has 3 aliphatic rings. The molecule has 7 nitrogen and oxygen atoms in total. The first kappa shape index (κ1) is 20.5. The third kappa shape index (κ3) is 3.44. The van der Waals surface area contributed by atoms with Gasteiger partial charge in [0, 0.05) is 26.2 Å². The van der Waals surface area contributed by atoms with Gasteiger partial charge in [-0.25, -0.2) is 8.42 Å². The van der Waals surface area contributed by atoms with Crippen LogP contribution in [0.25, 0.3) is 0 Å². The number of hydrogen-bond acceptors (Lipinski definition) is 5. The number of rotatable bonds is 4. The summed E-state index contributed by atoms with van der Waals surface area (Å²) in [7, 11) is -3.69. The number of amides is 1. The fourth-order valence-electron chi connectivity index (χ4n) is 4.92. The minimum atomic E-state index is -3.69. The highest BCUT2D eigenvalue weighted by atomic mass is 32.2. The van der Waals surface area contributed by atoms with Gasteiger partial charge in [0.25, 0.3) is 0 Å². The molecule has 2 aromatic rings. The van der Waals surface area contributed by atoms with Crippen molar-refractivity contribution in [2.75, 3.05) is 26.2 Å². The van der Waals surface area contributed by atoms with E-state index in [-0.39, 0.29) is 23.9 Å². The third-order valence-electron chi connectivity index (χ3n) is 6.59. The van der Waals surface area contributed by atoms with E-state index in [9.17, 15) is 13.2 Å². The van der Waals surface area contributed by atoms with Gasteiger partial charge < -0.3 is 4.90 Å². The van der Waals surface area contributed by atoms with Gasteiger partial charge in [-0.05, 0) is 30.5 Å². The fraction of sp³-hybridized carbons (Fsp3) is 0.409. The van der Waals surface area contributed by atoms with Gasteiger partial charge in [-0.3, -0.25) is 4.79 Å². The quantitative estimate of drug-likeness (QED) is 0.599. The third-order valence-corrected chi connectivity index (χ3v) is 9.06. The van der Waals surface area contributed by atoms with Gasteiger partial charge in [-0.2, -0.15) is 13.0 Å². The van der Waals surface area contributed by atoms with Gasteiger partial charge in [0.1, 0.15) is 16.3 Å². The van der Waals surface area contributed by atoms with Crippen LogP contribution in [0.2, 0.25) is 0 Å². The molecule has 0 unspecified atom stereocenters. The van der Waals surface area contributed by atoms with Gasteiger partial charge >= 0.3 is 0 Å². The van der Waals surface area contributed by atoms with Gasteiger partial charge in [-0.15, -0.1) is 0 Å². The summed E-state index contributed by atoms with van der Waals surface area (Å²) >= 11 is 1.01. The molecule has 0 spiro atoms. The lowest BCUT2D eigenvalue weighted by Crippen LogP contribution is -2.55. The monoisotopic (exact) mass is 456 g/mol. The van der Waals surface area contributed by atoms with Crippen molar-refractivity contribution in [1.82, 2.24) is 9.21 Å². The van der Waals surface area contributed by atoms with E-state index in [0.29, 0.717) is 24.5 Å². The van der Waals surface area contributed by atoms with Crippen molar-refractivity contribution in [3.63, 3.8) is 0 Å². The average Bonchev–Trinajstić information content (AvgIpc) is 3.49. The lowest BCUT2D eigenvalue weighted by atomic mass is 9.77. The van der Waals surface area contributed by atoms with E-state index in [1.807, 2.05) is 35.2 Å². The van der Waals surface area contributed by atoms with Crippen molar-refractivity contribution in [2.45, 2.75) is 36.0 Å². The maximum atomic E-state index is 13.6. The van der Waals surface area contributed by atoms with Crippen molar-refractivity contribution in [1.29, 1.82) is 0 Å². The van der Waals surface area contributed by atoms with Crippen LogP contribution in [0.1, 0.15) is 31.2 Å². The predicted molar refractivity (Wildman–Crippen MR) is 120 cm³/mol. The molecule has 0 N–H and O–H groups in total. The van der Waals surface area contributed by atoms with E-state index in [4.69, 9.17) is 0 Å². The second-order valence-electron chi connectivity index (χ2n) is 8.24. The highest BCUT2D eigenvalue weighted by Crippen LogP contribution is 2.43. The predicted octanol–water partition coefficient (Wildman–Crippen LogP) is 3.76. The first-order chi connectivity index (χ1) is 15.0. The molecule has 0 bridgehead atoms. The molecule has 1 amide bonds. The van der Waals surface area contributed by atoms with Gasteiger partial charge in [0.2, 0.25) is 15.9 Å². The second kappa shape index (κ2) is 7.96. The molecule has 9 heteroatoms. The standard InChI is InChI=1S/C22H24N4O3S2/c27-21(22(11-4-5-12-22)17-7-2-1-3-8-17)25-13-15-26(16-14-25)31(28,29)19-10-6-9-18-20(19)24-30-23-18/h1-3,6-10H,4-5,11-16H2. The molecule has 1 saturated heterocycles. The number of hydrogen-bond donors (Lipinski definition) is 0. The smallest absolute Gasteiger partial charge is 0.245 e. The van der Waals surface area contributed by atoms with Gasteiger partial charge in [0.05, 0.1) is 16.8 Å². The summed E-state index contributed by atoms with van der Waals surface area (Å²) in [5, 5.41) is 0. The van der Waals surface area contributed by atoms with E-state index >= 15 is 0 Å². The molecule has 2 heterocycles. The number of nitrogens with zero attached hydrogens (tertiary/aromatic N) is 4. The number of carbonyl (C=O) groups excluding carboxylic acids is 1. The number of benzene rings is 2. The van der Waals surface area contributed by atoms with E-state index in [1.165, 1.54) is 4.31 Å². The molecule has 31 heavy (non-hydrogen) atoms. The Bertz CT molecular complexity index is 1180. The van der Waals surface area contributed by atoms with E-state index in [0.717, 1.165) is 42.6 Å². The van der Waals surface area contributed by atoms with Crippen molar-refractivity contribution >= 4 is 38.7 Å². The average molecular weight is 457 g/mol. The van der Waals surface area contributed by atoms with Crippen LogP contribution < -0.4 is 0 Å². The number of piperazine rings is 1. The summed E-state index contributed by atoms with van der Waals surface area (Å²) < 4.78 is 36.3. The van der Waals surface area contributed by atoms with Crippen LogP contribution in [-0.2, 0) is 31.6 Å². The summed E-state index contributed by atoms with van der Waals surface area (Å²) in [6, 6.07) is 15.1. The first-order valence-electron chi connectivity index (χ1n) is 10.6. The van der Waals surface area contributed by atoms with E-state index < -0.39 is 15.4 Å². The number of carbonyl (C=O) groups is 1. The Hall–Kier alpha value is -2.36. The summed E-state index contributed by atoms with van der Waals surface area (Å²) in [5.41, 5.74) is 1.61. The Morgan fingerprint density at radius 1 is 0.903 bits per heavy atom. The summed E-state index contributed by atoms with van der Waals surface area (Å²) in [4.78, 5) is 15.7. The Balaban J connectivity index is 1.34. The van der Waals surface area contributed by atoms with Crippen molar-refractivity contribution in [3.05, 3.63) is 54.1 Å². The minimum absolute atomic E-state index is 0.138. The lowest BCUT2D eigenvalue weighted by molar-refractivity contribution is -0.138. The van der Waals surface area contributed by atoms with Crippen molar-refractivity contribution < 1.29 is 13.2 Å². The molecule has 2 aliphatic heterocycles. The zero-order valence-electron chi connectivity index (χ0n) is 17.1. The molecular formula is C22H24N4O3S2. The molecule has 1 aliphatic carbocycles.